The largest absolute Gasteiger partial charge is 4.00 e. The first kappa shape index (κ1) is 30.3. The summed E-state index contributed by atoms with van der Waals surface area (Å²) in [5.41, 5.74) is 0. The Bertz CT molecular complexity index is 156. The van der Waals surface area contributed by atoms with Crippen molar-refractivity contribution < 1.29 is 40.9 Å². The van der Waals surface area contributed by atoms with Crippen LogP contribution in [0.4, 0.5) is 0 Å². The maximum atomic E-state index is 8.24. The van der Waals surface area contributed by atoms with Crippen molar-refractivity contribution in [3.63, 3.8) is 0 Å². The van der Waals surface area contributed by atoms with Gasteiger partial charge in [-0.3, -0.25) is 19.2 Å². The zero-order valence-electron chi connectivity index (χ0n) is 5.92. The fourth-order valence-electron chi connectivity index (χ4n) is 0. The van der Waals surface area contributed by atoms with Gasteiger partial charge < -0.3 is 21.6 Å². The normalized spacial score (nSPS) is 2.46. The van der Waals surface area contributed by atoms with Crippen molar-refractivity contribution in [1.29, 1.82) is 0 Å². The first-order chi connectivity index (χ1) is 5.66. The van der Waals surface area contributed by atoms with Crippen molar-refractivity contribution in [2.45, 2.75) is 0 Å². The van der Waals surface area contributed by atoms with E-state index in [0.717, 1.165) is 0 Å². The molecular weight excluding hydrogens is 216 g/mol. The molecule has 0 bridgehead atoms. The third kappa shape index (κ3) is 223. The van der Waals surface area contributed by atoms with E-state index in [9.17, 15) is 0 Å². The maximum Gasteiger partial charge on any atom is 4.00 e. The van der Waals surface area contributed by atoms with E-state index in [-0.39, 0.29) is 21.7 Å². The van der Waals surface area contributed by atoms with Crippen LogP contribution in [0, 0.1) is 0 Å². The van der Waals surface area contributed by atoms with Crippen LogP contribution in [0.2, 0.25) is 0 Å². The average molecular weight is 216 g/mol. The molecule has 0 aromatic rings. The predicted octanol–water partition coefficient (Wildman–Crippen LogP) is -0.436. The van der Waals surface area contributed by atoms with E-state index in [0.29, 0.717) is 24.3 Å². The van der Waals surface area contributed by atoms with Gasteiger partial charge in [0.1, 0.15) is 0 Å². The minimum Gasteiger partial charge on any atom is -0.724 e. The zero-order valence-corrected chi connectivity index (χ0v) is 7.48. The van der Waals surface area contributed by atoms with Crippen LogP contribution in [0.5, 0.6) is 0 Å². The van der Waals surface area contributed by atoms with Crippen molar-refractivity contribution in [3.05, 3.63) is 21.6 Å². The van der Waals surface area contributed by atoms with Crippen LogP contribution in [0.3, 0.4) is 0 Å². The van der Waals surface area contributed by atoms with Crippen molar-refractivity contribution in [2.75, 3.05) is 0 Å². The van der Waals surface area contributed by atoms with Gasteiger partial charge in [-0.2, -0.15) is 0 Å². The molecule has 13 heavy (non-hydrogen) atoms. The third-order valence-electron chi connectivity index (χ3n) is 0. The van der Waals surface area contributed by atoms with Gasteiger partial charge in [-0.1, -0.05) is 0 Å². The average Bonchev–Trinajstić information content (AvgIpc) is 1.92. The Morgan fingerprint density at radius 1 is 0.538 bits per heavy atom. The molecule has 0 saturated heterocycles. The molecular formula is C4N4O4Ti. The third-order valence-corrected chi connectivity index (χ3v) is 0. The van der Waals surface area contributed by atoms with E-state index < -0.39 is 0 Å². The number of nitrogens with zero attached hydrogens (tertiary/aromatic N) is 4. The van der Waals surface area contributed by atoms with Gasteiger partial charge in [0.25, 0.3) is 0 Å². The summed E-state index contributed by atoms with van der Waals surface area (Å²) in [6.07, 6.45) is 2.00. The molecule has 9 heteroatoms. The molecule has 0 N–H and O–H groups in total. The van der Waals surface area contributed by atoms with Gasteiger partial charge in [0, 0.05) is 0 Å². The number of hydrogen-bond donors (Lipinski definition) is 0. The number of isocyanates is 4. The molecule has 0 aliphatic heterocycles. The monoisotopic (exact) mass is 216 g/mol. The van der Waals surface area contributed by atoms with Crippen molar-refractivity contribution in [3.8, 4) is 0 Å². The van der Waals surface area contributed by atoms with Gasteiger partial charge in [-0.15, -0.1) is 0 Å². The fourth-order valence-corrected chi connectivity index (χ4v) is 0. The Kier molecular flexibility index (Phi) is 407. The van der Waals surface area contributed by atoms with Gasteiger partial charge in [-0.25, -0.2) is 0 Å². The molecule has 0 aliphatic carbocycles. The molecule has 8 nitrogen and oxygen atoms in total. The molecule has 0 spiro atoms. The Morgan fingerprint density at radius 3 is 0.538 bits per heavy atom. The minimum absolute atomic E-state index is 0. The zero-order chi connectivity index (χ0) is 10.8. The van der Waals surface area contributed by atoms with Crippen molar-refractivity contribution >= 4 is 24.3 Å². The van der Waals surface area contributed by atoms with E-state index in [4.69, 9.17) is 40.8 Å². The fraction of sp³-hybridized carbons (Fsp3) is 0. The Hall–Kier alpha value is -1.77. The standard InChI is InChI=1S/4CNO.Ti/c4*2-1-3;/q4*-1;+4. The molecule has 0 rings (SSSR count). The van der Waals surface area contributed by atoms with E-state index in [2.05, 4.69) is 0 Å². The summed E-state index contributed by atoms with van der Waals surface area (Å²) in [6.45, 7) is 0. The van der Waals surface area contributed by atoms with Crippen LogP contribution in [0.15, 0.2) is 0 Å². The maximum absolute atomic E-state index is 8.24. The molecule has 0 heterocycles. The number of carbonyl (C=O) groups excluding carboxylic acids is 4. The minimum atomic E-state index is 0. The summed E-state index contributed by atoms with van der Waals surface area (Å²) < 4.78 is 0. The number of rotatable bonds is 0. The molecule has 0 saturated carbocycles. The second-order valence-electron chi connectivity index (χ2n) is 0.365. The van der Waals surface area contributed by atoms with Crippen molar-refractivity contribution in [2.24, 2.45) is 0 Å². The quantitative estimate of drug-likeness (QED) is 0.305. The molecule has 0 atom stereocenters. The SMILES string of the molecule is [N-]=C=O.[N-]=C=O.[N-]=C=O.[N-]=C=O.[Ti+4]. The van der Waals surface area contributed by atoms with E-state index in [1.165, 1.54) is 0 Å². The summed E-state index contributed by atoms with van der Waals surface area (Å²) in [6, 6.07) is 0. The summed E-state index contributed by atoms with van der Waals surface area (Å²) in [7, 11) is 0. The molecule has 64 valence electrons. The van der Waals surface area contributed by atoms with E-state index >= 15 is 0 Å². The Balaban J connectivity index is -0.0000000213. The molecule has 0 unspecified atom stereocenters. The summed E-state index contributed by atoms with van der Waals surface area (Å²) >= 11 is 0. The predicted molar refractivity (Wildman–Crippen MR) is 36.2 cm³/mol. The van der Waals surface area contributed by atoms with Gasteiger partial charge in [0.15, 0.2) is 0 Å². The van der Waals surface area contributed by atoms with Crippen LogP contribution < -0.4 is 0 Å². The summed E-state index contributed by atoms with van der Waals surface area (Å²) in [5, 5.41) is 27.1. The van der Waals surface area contributed by atoms with Gasteiger partial charge in [0.2, 0.25) is 0 Å². The van der Waals surface area contributed by atoms with E-state index in [1.807, 2.05) is 0 Å². The van der Waals surface area contributed by atoms with E-state index in [1.54, 1.807) is 0 Å². The molecule has 0 aliphatic rings. The molecule has 0 radical (unpaired) electrons. The van der Waals surface area contributed by atoms with Gasteiger partial charge >= 0.3 is 21.7 Å². The first-order valence-corrected chi connectivity index (χ1v) is 1.71. The molecule has 0 fully saturated rings. The second-order valence-corrected chi connectivity index (χ2v) is 0.365. The Morgan fingerprint density at radius 2 is 0.538 bits per heavy atom. The van der Waals surface area contributed by atoms with Crippen LogP contribution in [0.1, 0.15) is 0 Å². The number of hydrogen-bond acceptors (Lipinski definition) is 4. The first-order valence-electron chi connectivity index (χ1n) is 1.71. The summed E-state index contributed by atoms with van der Waals surface area (Å²) in [4.78, 5) is 32.9. The smallest absolute Gasteiger partial charge is 0.724 e. The van der Waals surface area contributed by atoms with Crippen LogP contribution >= 0.6 is 0 Å². The van der Waals surface area contributed by atoms with Gasteiger partial charge in [-0.05, 0) is 24.3 Å². The molecule has 0 amide bonds. The Labute approximate surface area is 87.2 Å². The van der Waals surface area contributed by atoms with Crippen LogP contribution in [-0.4, -0.2) is 24.3 Å². The second kappa shape index (κ2) is 175. The topological polar surface area (TPSA) is 157 Å². The van der Waals surface area contributed by atoms with Crippen LogP contribution in [-0.2, 0) is 40.9 Å². The van der Waals surface area contributed by atoms with Gasteiger partial charge in [0.05, 0.1) is 0 Å². The van der Waals surface area contributed by atoms with Crippen LogP contribution in [0.25, 0.3) is 21.6 Å². The molecule has 0 aromatic carbocycles. The molecule has 0 aromatic heterocycles. The summed E-state index contributed by atoms with van der Waals surface area (Å²) in [5.74, 6) is 0. The van der Waals surface area contributed by atoms with Crippen molar-refractivity contribution in [1.82, 2.24) is 0 Å².